The number of rotatable bonds is 7. The van der Waals surface area contributed by atoms with Gasteiger partial charge in [0.25, 0.3) is 5.91 Å². The van der Waals surface area contributed by atoms with Crippen molar-refractivity contribution in [2.45, 2.75) is 38.5 Å². The lowest BCUT2D eigenvalue weighted by Crippen LogP contribution is -2.48. The first-order valence-electron chi connectivity index (χ1n) is 13.4. The van der Waals surface area contributed by atoms with Crippen LogP contribution >= 0.6 is 11.3 Å². The van der Waals surface area contributed by atoms with Crippen molar-refractivity contribution in [1.82, 2.24) is 19.5 Å². The molecule has 2 saturated heterocycles. The topological polar surface area (TPSA) is 85.8 Å². The highest BCUT2D eigenvalue weighted by atomic mass is 32.2. The fourth-order valence-electron chi connectivity index (χ4n) is 5.38. The number of anilines is 1. The monoisotopic (exact) mass is 555 g/mol. The molecule has 2 fully saturated rings. The highest BCUT2D eigenvalue weighted by molar-refractivity contribution is 7.89. The highest BCUT2D eigenvalue weighted by Gasteiger charge is 2.28. The molecule has 1 atom stereocenters. The number of hydrogen-bond donors (Lipinski definition) is 1. The Morgan fingerprint density at radius 2 is 1.82 bits per heavy atom. The molecule has 204 valence electrons. The summed E-state index contributed by atoms with van der Waals surface area (Å²) in [4.78, 5) is 22.5. The van der Waals surface area contributed by atoms with Crippen molar-refractivity contribution in [3.05, 3.63) is 53.1 Å². The number of nitrogens with one attached hydrogen (secondary N) is 1. The number of aryl methyl sites for hydroxylation is 2. The Hall–Kier alpha value is -2.53. The van der Waals surface area contributed by atoms with Gasteiger partial charge in [0.05, 0.1) is 15.1 Å². The Kier molecular flexibility index (Phi) is 8.04. The predicted octanol–water partition coefficient (Wildman–Crippen LogP) is 3.89. The van der Waals surface area contributed by atoms with Crippen LogP contribution in [-0.4, -0.2) is 80.9 Å². The first-order valence-corrected chi connectivity index (χ1v) is 15.7. The van der Waals surface area contributed by atoms with Gasteiger partial charge in [0, 0.05) is 57.9 Å². The van der Waals surface area contributed by atoms with Crippen molar-refractivity contribution in [2.24, 2.45) is 5.92 Å². The quantitative estimate of drug-likeness (QED) is 0.476. The number of fused-ring (bicyclic) bond motifs is 1. The van der Waals surface area contributed by atoms with Crippen LogP contribution in [-0.2, 0) is 10.0 Å². The summed E-state index contributed by atoms with van der Waals surface area (Å²) in [5.74, 6) is 0.187. The van der Waals surface area contributed by atoms with Crippen molar-refractivity contribution < 1.29 is 13.2 Å². The molecule has 10 heteroatoms. The van der Waals surface area contributed by atoms with Gasteiger partial charge in [-0.15, -0.1) is 0 Å². The van der Waals surface area contributed by atoms with Crippen LogP contribution in [0.3, 0.4) is 0 Å². The van der Waals surface area contributed by atoms with E-state index < -0.39 is 10.0 Å². The summed E-state index contributed by atoms with van der Waals surface area (Å²) >= 11 is 1.77. The zero-order chi connectivity index (χ0) is 26.9. The molecule has 1 aromatic heterocycles. The zero-order valence-corrected chi connectivity index (χ0v) is 24.1. The van der Waals surface area contributed by atoms with E-state index in [1.54, 1.807) is 39.9 Å². The minimum atomic E-state index is -3.52. The molecule has 0 spiro atoms. The third-order valence-electron chi connectivity index (χ3n) is 7.54. The van der Waals surface area contributed by atoms with Crippen LogP contribution in [0.5, 0.6) is 0 Å². The molecule has 38 heavy (non-hydrogen) atoms. The first-order chi connectivity index (χ1) is 18.2. The molecule has 1 amide bonds. The number of carbonyl (C=O) groups is 1. The first kappa shape index (κ1) is 27.1. The molecule has 0 aliphatic carbocycles. The molecular weight excluding hydrogens is 518 g/mol. The van der Waals surface area contributed by atoms with Gasteiger partial charge in [-0.3, -0.25) is 9.69 Å². The van der Waals surface area contributed by atoms with Gasteiger partial charge in [0.15, 0.2) is 5.13 Å². The third-order valence-corrected chi connectivity index (χ3v) is 10.7. The van der Waals surface area contributed by atoms with Gasteiger partial charge in [-0.2, -0.15) is 4.31 Å². The van der Waals surface area contributed by atoms with E-state index in [4.69, 9.17) is 4.98 Å². The van der Waals surface area contributed by atoms with Gasteiger partial charge < -0.3 is 10.2 Å². The summed E-state index contributed by atoms with van der Waals surface area (Å²) in [7, 11) is -3.52. The SMILES string of the molecule is Cc1cc(C)c2sc(N3CCN(CCNC(=O)c4ccc(S(=O)(=O)N5CCCC(C)C5)cc4)CC3)nc2c1. The number of piperazine rings is 1. The number of amides is 1. The van der Waals surface area contributed by atoms with Crippen molar-refractivity contribution in [1.29, 1.82) is 0 Å². The van der Waals surface area contributed by atoms with Gasteiger partial charge in [-0.05, 0) is 74.1 Å². The Bertz CT molecular complexity index is 1400. The van der Waals surface area contributed by atoms with E-state index in [9.17, 15) is 13.2 Å². The van der Waals surface area contributed by atoms with Gasteiger partial charge >= 0.3 is 0 Å². The van der Waals surface area contributed by atoms with Gasteiger partial charge in [-0.25, -0.2) is 13.4 Å². The number of aromatic nitrogens is 1. The number of nitrogens with zero attached hydrogens (tertiary/aromatic N) is 4. The standard InChI is InChI=1S/C28H37N5O3S2/c1-20-5-4-11-33(19-20)38(35,36)24-8-6-23(7-9-24)27(34)29-10-12-31-13-15-32(16-14-31)28-30-25-18-21(2)17-22(3)26(25)37-28/h6-9,17-18,20H,4-5,10-16,19H2,1-3H3,(H,29,34). The summed E-state index contributed by atoms with van der Waals surface area (Å²) in [6.07, 6.45) is 1.95. The average molecular weight is 556 g/mol. The van der Waals surface area contributed by atoms with Gasteiger partial charge in [0.1, 0.15) is 0 Å². The Morgan fingerprint density at radius 3 is 2.53 bits per heavy atom. The minimum absolute atomic E-state index is 0.181. The maximum absolute atomic E-state index is 13.0. The summed E-state index contributed by atoms with van der Waals surface area (Å²) in [6.45, 7) is 12.4. The van der Waals surface area contributed by atoms with Crippen molar-refractivity contribution >= 4 is 42.6 Å². The van der Waals surface area contributed by atoms with Crippen LogP contribution in [0, 0.1) is 19.8 Å². The van der Waals surface area contributed by atoms with Gasteiger partial charge in [-0.1, -0.05) is 24.3 Å². The molecule has 3 heterocycles. The van der Waals surface area contributed by atoms with E-state index >= 15 is 0 Å². The largest absolute Gasteiger partial charge is 0.351 e. The van der Waals surface area contributed by atoms with Crippen LogP contribution in [0.2, 0.25) is 0 Å². The second-order valence-electron chi connectivity index (χ2n) is 10.6. The fraction of sp³-hybridized carbons (Fsp3) is 0.500. The van der Waals surface area contributed by atoms with E-state index in [1.165, 1.54) is 15.8 Å². The van der Waals surface area contributed by atoms with E-state index in [-0.39, 0.29) is 10.8 Å². The van der Waals surface area contributed by atoms with Crippen molar-refractivity contribution in [3.8, 4) is 0 Å². The number of carbonyl (C=O) groups excluding carboxylic acids is 1. The second kappa shape index (κ2) is 11.3. The molecule has 5 rings (SSSR count). The Morgan fingerprint density at radius 1 is 1.08 bits per heavy atom. The molecule has 1 unspecified atom stereocenters. The molecule has 1 N–H and O–H groups in total. The van der Waals surface area contributed by atoms with Crippen LogP contribution in [0.4, 0.5) is 5.13 Å². The van der Waals surface area contributed by atoms with Crippen molar-refractivity contribution in [3.63, 3.8) is 0 Å². The second-order valence-corrected chi connectivity index (χ2v) is 13.6. The molecular formula is C28H37N5O3S2. The molecule has 3 aromatic rings. The Labute approximate surface area is 229 Å². The van der Waals surface area contributed by atoms with Gasteiger partial charge in [0.2, 0.25) is 10.0 Å². The van der Waals surface area contributed by atoms with Crippen LogP contribution in [0.25, 0.3) is 10.2 Å². The molecule has 0 bridgehead atoms. The van der Waals surface area contributed by atoms with Crippen LogP contribution in [0.1, 0.15) is 41.3 Å². The number of piperidine rings is 1. The zero-order valence-electron chi connectivity index (χ0n) is 22.4. The minimum Gasteiger partial charge on any atom is -0.351 e. The van der Waals surface area contributed by atoms with Crippen molar-refractivity contribution in [2.75, 3.05) is 57.3 Å². The lowest BCUT2D eigenvalue weighted by Gasteiger charge is -2.34. The Balaban J connectivity index is 1.09. The normalized spacial score (nSPS) is 19.7. The smallest absolute Gasteiger partial charge is 0.251 e. The third kappa shape index (κ3) is 5.88. The summed E-state index contributed by atoms with van der Waals surface area (Å²) in [5, 5.41) is 4.07. The lowest BCUT2D eigenvalue weighted by molar-refractivity contribution is 0.0947. The van der Waals surface area contributed by atoms with Crippen LogP contribution < -0.4 is 10.2 Å². The highest BCUT2D eigenvalue weighted by Crippen LogP contribution is 2.32. The molecule has 2 aliphatic rings. The molecule has 8 nitrogen and oxygen atoms in total. The lowest BCUT2D eigenvalue weighted by atomic mass is 10.0. The number of benzene rings is 2. The number of thiazole rings is 1. The average Bonchev–Trinajstić information content (AvgIpc) is 3.33. The fourth-order valence-corrected chi connectivity index (χ4v) is 8.05. The van der Waals surface area contributed by atoms with E-state index in [0.29, 0.717) is 31.1 Å². The summed E-state index contributed by atoms with van der Waals surface area (Å²) < 4.78 is 28.8. The molecule has 0 radical (unpaired) electrons. The summed E-state index contributed by atoms with van der Waals surface area (Å²) in [5.41, 5.74) is 4.08. The number of sulfonamides is 1. The molecule has 2 aromatic carbocycles. The predicted molar refractivity (Wildman–Crippen MR) is 154 cm³/mol. The van der Waals surface area contributed by atoms with E-state index in [0.717, 1.165) is 56.2 Å². The maximum Gasteiger partial charge on any atom is 0.251 e. The van der Waals surface area contributed by atoms with Crippen LogP contribution in [0.15, 0.2) is 41.3 Å². The number of hydrogen-bond acceptors (Lipinski definition) is 7. The van der Waals surface area contributed by atoms with E-state index in [2.05, 4.69) is 48.0 Å². The van der Waals surface area contributed by atoms with E-state index in [1.807, 2.05) is 0 Å². The molecule has 2 aliphatic heterocycles. The molecule has 0 saturated carbocycles. The maximum atomic E-state index is 13.0. The summed E-state index contributed by atoms with van der Waals surface area (Å²) in [6, 6.07) is 10.7.